The van der Waals surface area contributed by atoms with E-state index in [-0.39, 0.29) is 28.1 Å². The normalized spacial score (nSPS) is 30.1. The third kappa shape index (κ3) is 2.70. The molecule has 17 heavy (non-hydrogen) atoms. The lowest BCUT2D eigenvalue weighted by Gasteiger charge is -2.52. The molecule has 1 aliphatic heterocycles. The van der Waals surface area contributed by atoms with Gasteiger partial charge in [0.15, 0.2) is 0 Å². The van der Waals surface area contributed by atoms with E-state index in [9.17, 15) is 9.59 Å². The molecule has 3 heteroatoms. The Morgan fingerprint density at radius 1 is 0.824 bits per heavy atom. The van der Waals surface area contributed by atoms with Gasteiger partial charge in [0.05, 0.1) is 0 Å². The van der Waals surface area contributed by atoms with Gasteiger partial charge in [-0.25, -0.2) is 0 Å². The second kappa shape index (κ2) is 3.56. The Hall–Kier alpha value is -0.860. The number of imide groups is 1. The summed E-state index contributed by atoms with van der Waals surface area (Å²) in [5.74, 6) is -0.176. The zero-order valence-corrected chi connectivity index (χ0v) is 11.4. The lowest BCUT2D eigenvalue weighted by molar-refractivity contribution is -0.142. The van der Waals surface area contributed by atoms with E-state index in [1.807, 2.05) is 0 Å². The van der Waals surface area contributed by atoms with Crippen molar-refractivity contribution in [3.8, 4) is 0 Å². The molecule has 96 valence electrons. The molecule has 1 saturated carbocycles. The van der Waals surface area contributed by atoms with E-state index in [2.05, 4.69) is 33.0 Å². The SMILES string of the molecule is CC1(C)CC(C)(C)CC2(CC(=O)NC(=O)C2)C1. The summed E-state index contributed by atoms with van der Waals surface area (Å²) in [6, 6.07) is 0. The second-order valence-corrected chi connectivity index (χ2v) is 7.68. The highest BCUT2D eigenvalue weighted by Gasteiger charge is 2.50. The quantitative estimate of drug-likeness (QED) is 0.658. The summed E-state index contributed by atoms with van der Waals surface area (Å²) in [6.07, 6.45) is 4.18. The topological polar surface area (TPSA) is 46.2 Å². The third-order valence-corrected chi connectivity index (χ3v) is 4.01. The summed E-state index contributed by atoms with van der Waals surface area (Å²) in [5.41, 5.74) is 0.351. The summed E-state index contributed by atoms with van der Waals surface area (Å²) in [5, 5.41) is 2.43. The number of hydrogen-bond donors (Lipinski definition) is 1. The minimum Gasteiger partial charge on any atom is -0.296 e. The maximum absolute atomic E-state index is 11.6. The van der Waals surface area contributed by atoms with Crippen LogP contribution in [0.5, 0.6) is 0 Å². The van der Waals surface area contributed by atoms with Crippen LogP contribution >= 0.6 is 0 Å². The molecule has 0 radical (unpaired) electrons. The first-order chi connectivity index (χ1) is 7.62. The van der Waals surface area contributed by atoms with Crippen molar-refractivity contribution in [2.75, 3.05) is 0 Å². The molecule has 0 aromatic rings. The van der Waals surface area contributed by atoms with Crippen LogP contribution < -0.4 is 5.32 Å². The van der Waals surface area contributed by atoms with E-state index < -0.39 is 0 Å². The maximum Gasteiger partial charge on any atom is 0.227 e. The molecule has 1 heterocycles. The second-order valence-electron chi connectivity index (χ2n) is 7.68. The molecule has 0 aromatic carbocycles. The Kier molecular flexibility index (Phi) is 2.64. The van der Waals surface area contributed by atoms with Gasteiger partial charge in [-0.2, -0.15) is 0 Å². The molecule has 2 amide bonds. The fraction of sp³-hybridized carbons (Fsp3) is 0.857. The Morgan fingerprint density at radius 2 is 1.24 bits per heavy atom. The lowest BCUT2D eigenvalue weighted by Crippen LogP contribution is -2.51. The maximum atomic E-state index is 11.6. The van der Waals surface area contributed by atoms with E-state index in [1.54, 1.807) is 0 Å². The van der Waals surface area contributed by atoms with Gasteiger partial charge in [0, 0.05) is 12.8 Å². The molecular weight excluding hydrogens is 214 g/mol. The first-order valence-corrected chi connectivity index (χ1v) is 6.44. The van der Waals surface area contributed by atoms with Crippen LogP contribution in [0.3, 0.4) is 0 Å². The number of hydrogen-bond acceptors (Lipinski definition) is 2. The monoisotopic (exact) mass is 237 g/mol. The first kappa shape index (κ1) is 12.6. The van der Waals surface area contributed by atoms with Crippen LogP contribution in [0.1, 0.15) is 59.8 Å². The number of carbonyl (C=O) groups excluding carboxylic acids is 2. The molecular formula is C14H23NO2. The zero-order chi connectivity index (χ0) is 12.9. The fourth-order valence-corrected chi connectivity index (χ4v) is 4.75. The number of piperidine rings is 1. The largest absolute Gasteiger partial charge is 0.296 e. The number of amides is 2. The number of nitrogens with one attached hydrogen (secondary N) is 1. The van der Waals surface area contributed by atoms with Crippen LogP contribution in [-0.4, -0.2) is 11.8 Å². The summed E-state index contributed by atoms with van der Waals surface area (Å²) in [6.45, 7) is 9.03. The van der Waals surface area contributed by atoms with E-state index in [4.69, 9.17) is 0 Å². The van der Waals surface area contributed by atoms with E-state index in [0.29, 0.717) is 12.8 Å². The van der Waals surface area contributed by atoms with E-state index in [1.165, 1.54) is 0 Å². The van der Waals surface area contributed by atoms with Gasteiger partial charge < -0.3 is 0 Å². The van der Waals surface area contributed by atoms with Crippen molar-refractivity contribution in [1.29, 1.82) is 0 Å². The van der Waals surface area contributed by atoms with Crippen molar-refractivity contribution in [1.82, 2.24) is 5.32 Å². The van der Waals surface area contributed by atoms with Gasteiger partial charge in [0.1, 0.15) is 0 Å². The van der Waals surface area contributed by atoms with Crippen molar-refractivity contribution in [3.05, 3.63) is 0 Å². The number of rotatable bonds is 0. The van der Waals surface area contributed by atoms with Crippen LogP contribution in [0.2, 0.25) is 0 Å². The van der Waals surface area contributed by atoms with Gasteiger partial charge in [0.2, 0.25) is 11.8 Å². The van der Waals surface area contributed by atoms with Crippen molar-refractivity contribution >= 4 is 11.8 Å². The van der Waals surface area contributed by atoms with Crippen molar-refractivity contribution in [2.45, 2.75) is 59.8 Å². The fourth-order valence-electron chi connectivity index (χ4n) is 4.75. The molecule has 1 spiro atoms. The zero-order valence-electron chi connectivity index (χ0n) is 11.4. The van der Waals surface area contributed by atoms with Crippen LogP contribution in [0.15, 0.2) is 0 Å². The Balaban J connectivity index is 2.29. The summed E-state index contributed by atoms with van der Waals surface area (Å²) in [7, 11) is 0. The van der Waals surface area contributed by atoms with Crippen LogP contribution in [0.25, 0.3) is 0 Å². The van der Waals surface area contributed by atoms with E-state index in [0.717, 1.165) is 19.3 Å². The van der Waals surface area contributed by atoms with Crippen LogP contribution in [0.4, 0.5) is 0 Å². The molecule has 2 aliphatic rings. The highest BCUT2D eigenvalue weighted by molar-refractivity contribution is 5.98. The standard InChI is InChI=1S/C14H23NO2/c1-12(2)7-13(3,4)9-14(8-12)5-10(16)15-11(17)6-14/h5-9H2,1-4H3,(H,15,16,17). The predicted molar refractivity (Wildman–Crippen MR) is 66.2 cm³/mol. The lowest BCUT2D eigenvalue weighted by atomic mass is 9.52. The summed E-state index contributed by atoms with van der Waals surface area (Å²) < 4.78 is 0. The molecule has 1 saturated heterocycles. The van der Waals surface area contributed by atoms with Crippen LogP contribution in [-0.2, 0) is 9.59 Å². The first-order valence-electron chi connectivity index (χ1n) is 6.44. The van der Waals surface area contributed by atoms with Gasteiger partial charge in [-0.15, -0.1) is 0 Å². The average Bonchev–Trinajstić information content (AvgIpc) is 1.90. The Bertz CT molecular complexity index is 334. The summed E-state index contributed by atoms with van der Waals surface area (Å²) >= 11 is 0. The van der Waals surface area contributed by atoms with Gasteiger partial charge in [0.25, 0.3) is 0 Å². The van der Waals surface area contributed by atoms with Crippen molar-refractivity contribution in [2.24, 2.45) is 16.2 Å². The minimum absolute atomic E-state index is 0.0882. The Labute approximate surface area is 103 Å². The molecule has 3 nitrogen and oxygen atoms in total. The average molecular weight is 237 g/mol. The smallest absolute Gasteiger partial charge is 0.227 e. The molecule has 1 N–H and O–H groups in total. The molecule has 0 bridgehead atoms. The highest BCUT2D eigenvalue weighted by Crippen LogP contribution is 2.57. The number of carbonyl (C=O) groups is 2. The third-order valence-electron chi connectivity index (χ3n) is 4.01. The van der Waals surface area contributed by atoms with Gasteiger partial charge in [-0.05, 0) is 35.5 Å². The summed E-state index contributed by atoms with van der Waals surface area (Å²) in [4.78, 5) is 23.3. The minimum atomic E-state index is -0.0926. The molecule has 0 unspecified atom stereocenters. The van der Waals surface area contributed by atoms with Gasteiger partial charge >= 0.3 is 0 Å². The molecule has 1 aliphatic carbocycles. The molecule has 0 aromatic heterocycles. The van der Waals surface area contributed by atoms with E-state index >= 15 is 0 Å². The van der Waals surface area contributed by atoms with Crippen molar-refractivity contribution < 1.29 is 9.59 Å². The van der Waals surface area contributed by atoms with Crippen LogP contribution in [0, 0.1) is 16.2 Å². The van der Waals surface area contributed by atoms with Gasteiger partial charge in [-0.1, -0.05) is 27.7 Å². The molecule has 2 fully saturated rings. The molecule has 0 atom stereocenters. The highest BCUT2D eigenvalue weighted by atomic mass is 16.2. The Morgan fingerprint density at radius 3 is 1.65 bits per heavy atom. The van der Waals surface area contributed by atoms with Gasteiger partial charge in [-0.3, -0.25) is 14.9 Å². The molecule has 2 rings (SSSR count). The van der Waals surface area contributed by atoms with Crippen molar-refractivity contribution in [3.63, 3.8) is 0 Å². The predicted octanol–water partition coefficient (Wildman–Crippen LogP) is 2.65.